The highest BCUT2D eigenvalue weighted by Crippen LogP contribution is 2.33. The average molecular weight is 229 g/mol. The minimum absolute atomic E-state index is 0.824. The van der Waals surface area contributed by atoms with Gasteiger partial charge in [0.1, 0.15) is 0 Å². The van der Waals surface area contributed by atoms with Crippen molar-refractivity contribution in [2.24, 2.45) is 0 Å². The van der Waals surface area contributed by atoms with Crippen LogP contribution in [-0.2, 0) is 6.42 Å². The fourth-order valence-electron chi connectivity index (χ4n) is 3.48. The molecular formula is C16H23N. The van der Waals surface area contributed by atoms with Gasteiger partial charge in [-0.05, 0) is 49.8 Å². The van der Waals surface area contributed by atoms with Gasteiger partial charge in [-0.3, -0.25) is 0 Å². The van der Waals surface area contributed by atoms with Crippen molar-refractivity contribution in [3.8, 4) is 0 Å². The van der Waals surface area contributed by atoms with Gasteiger partial charge in [0.05, 0.1) is 0 Å². The third-order valence-corrected chi connectivity index (χ3v) is 4.41. The number of nitrogens with zero attached hydrogens (tertiary/aromatic N) is 1. The fourth-order valence-corrected chi connectivity index (χ4v) is 3.48. The molecule has 0 atom stereocenters. The summed E-state index contributed by atoms with van der Waals surface area (Å²) in [5.41, 5.74) is 4.53. The third kappa shape index (κ3) is 2.20. The van der Waals surface area contributed by atoms with Gasteiger partial charge in [-0.25, -0.2) is 0 Å². The smallest absolute Gasteiger partial charge is 0.0403 e. The Bertz CT molecular complexity index is 391. The van der Waals surface area contributed by atoms with E-state index in [1.165, 1.54) is 57.1 Å². The molecular weight excluding hydrogens is 206 g/mol. The second kappa shape index (κ2) is 4.72. The van der Waals surface area contributed by atoms with Crippen LogP contribution < -0.4 is 4.90 Å². The van der Waals surface area contributed by atoms with Crippen LogP contribution in [0.25, 0.3) is 0 Å². The first-order valence-electron chi connectivity index (χ1n) is 7.21. The predicted molar refractivity (Wildman–Crippen MR) is 73.7 cm³/mol. The lowest BCUT2D eigenvalue weighted by atomic mass is 9.91. The van der Waals surface area contributed by atoms with Crippen molar-refractivity contribution in [3.05, 3.63) is 29.3 Å². The summed E-state index contributed by atoms with van der Waals surface area (Å²) in [4.78, 5) is 2.71. The summed E-state index contributed by atoms with van der Waals surface area (Å²) < 4.78 is 0. The van der Waals surface area contributed by atoms with Crippen molar-refractivity contribution in [1.29, 1.82) is 0 Å². The quantitative estimate of drug-likeness (QED) is 0.701. The van der Waals surface area contributed by atoms with E-state index in [2.05, 4.69) is 30.0 Å². The van der Waals surface area contributed by atoms with Gasteiger partial charge in [-0.15, -0.1) is 0 Å². The van der Waals surface area contributed by atoms with Crippen molar-refractivity contribution >= 4 is 5.69 Å². The predicted octanol–water partition coefficient (Wildman–Crippen LogP) is 4.08. The van der Waals surface area contributed by atoms with Gasteiger partial charge < -0.3 is 4.90 Å². The van der Waals surface area contributed by atoms with Crippen LogP contribution in [0.2, 0.25) is 0 Å². The van der Waals surface area contributed by atoms with Gasteiger partial charge >= 0.3 is 0 Å². The largest absolute Gasteiger partial charge is 0.368 e. The van der Waals surface area contributed by atoms with E-state index in [0.29, 0.717) is 0 Å². The lowest BCUT2D eigenvalue weighted by Crippen LogP contribution is -2.40. The highest BCUT2D eigenvalue weighted by atomic mass is 15.2. The summed E-state index contributed by atoms with van der Waals surface area (Å²) in [7, 11) is 0. The second-order valence-corrected chi connectivity index (χ2v) is 5.72. The molecule has 0 bridgehead atoms. The van der Waals surface area contributed by atoms with Gasteiger partial charge in [0.15, 0.2) is 0 Å². The molecule has 1 aliphatic carbocycles. The van der Waals surface area contributed by atoms with E-state index in [4.69, 9.17) is 0 Å². The number of aryl methyl sites for hydroxylation is 2. The van der Waals surface area contributed by atoms with Crippen molar-refractivity contribution < 1.29 is 0 Å². The minimum Gasteiger partial charge on any atom is -0.368 e. The highest BCUT2D eigenvalue weighted by molar-refractivity contribution is 5.58. The lowest BCUT2D eigenvalue weighted by Gasteiger charge is -2.40. The minimum atomic E-state index is 0.824. The molecule has 1 fully saturated rings. The molecule has 2 aliphatic rings. The summed E-state index contributed by atoms with van der Waals surface area (Å²) in [6.45, 7) is 3.50. The first-order chi connectivity index (χ1) is 8.34. The third-order valence-electron chi connectivity index (χ3n) is 4.41. The van der Waals surface area contributed by atoms with Crippen LogP contribution in [0.1, 0.15) is 49.7 Å². The first kappa shape index (κ1) is 11.1. The molecule has 0 amide bonds. The van der Waals surface area contributed by atoms with Gasteiger partial charge in [0.25, 0.3) is 0 Å². The summed E-state index contributed by atoms with van der Waals surface area (Å²) in [6, 6.07) is 7.84. The molecule has 1 aliphatic heterocycles. The number of fused-ring (bicyclic) bond motifs is 1. The number of benzene rings is 1. The maximum absolute atomic E-state index is 2.71. The Morgan fingerprint density at radius 3 is 2.71 bits per heavy atom. The van der Waals surface area contributed by atoms with Crippen LogP contribution in [0.4, 0.5) is 5.69 Å². The maximum Gasteiger partial charge on any atom is 0.0403 e. The molecule has 1 heteroatoms. The zero-order chi connectivity index (χ0) is 11.7. The molecule has 0 radical (unpaired) electrons. The Labute approximate surface area is 105 Å². The molecule has 1 saturated carbocycles. The van der Waals surface area contributed by atoms with E-state index in [1.807, 2.05) is 0 Å². The molecule has 92 valence electrons. The number of hydrogen-bond acceptors (Lipinski definition) is 1. The molecule has 0 saturated heterocycles. The van der Waals surface area contributed by atoms with Crippen LogP contribution in [0.3, 0.4) is 0 Å². The van der Waals surface area contributed by atoms with Crippen LogP contribution in [-0.4, -0.2) is 12.6 Å². The highest BCUT2D eigenvalue weighted by Gasteiger charge is 2.25. The standard InChI is InChI=1S/C16H23N/c1-13-9-10-14-6-5-11-17(16(14)12-13)15-7-3-2-4-8-15/h9-10,12,15H,2-8,11H2,1H3. The topological polar surface area (TPSA) is 3.24 Å². The number of rotatable bonds is 1. The molecule has 1 nitrogen and oxygen atoms in total. The van der Waals surface area contributed by atoms with Gasteiger partial charge in [0.2, 0.25) is 0 Å². The molecule has 0 aromatic heterocycles. The summed E-state index contributed by atoms with van der Waals surface area (Å²) in [5, 5.41) is 0. The van der Waals surface area contributed by atoms with Crippen LogP contribution in [0.5, 0.6) is 0 Å². The van der Waals surface area contributed by atoms with E-state index in [-0.39, 0.29) is 0 Å². The Balaban J connectivity index is 1.89. The van der Waals surface area contributed by atoms with Crippen molar-refractivity contribution in [1.82, 2.24) is 0 Å². The Hall–Kier alpha value is -0.980. The molecule has 0 N–H and O–H groups in total. The normalized spacial score (nSPS) is 21.4. The van der Waals surface area contributed by atoms with Gasteiger partial charge in [0, 0.05) is 18.3 Å². The van der Waals surface area contributed by atoms with E-state index in [9.17, 15) is 0 Å². The Morgan fingerprint density at radius 1 is 1.06 bits per heavy atom. The summed E-state index contributed by atoms with van der Waals surface area (Å²) in [5.74, 6) is 0. The molecule has 0 unspecified atom stereocenters. The summed E-state index contributed by atoms with van der Waals surface area (Å²) >= 11 is 0. The Morgan fingerprint density at radius 2 is 1.88 bits per heavy atom. The Kier molecular flexibility index (Phi) is 3.09. The number of anilines is 1. The van der Waals surface area contributed by atoms with Gasteiger partial charge in [-0.1, -0.05) is 31.4 Å². The number of hydrogen-bond donors (Lipinski definition) is 0. The molecule has 1 aromatic rings. The molecule has 1 aromatic carbocycles. The molecule has 0 spiro atoms. The zero-order valence-electron chi connectivity index (χ0n) is 10.9. The van der Waals surface area contributed by atoms with Crippen LogP contribution >= 0.6 is 0 Å². The average Bonchev–Trinajstić information content (AvgIpc) is 2.39. The fraction of sp³-hybridized carbons (Fsp3) is 0.625. The van der Waals surface area contributed by atoms with E-state index >= 15 is 0 Å². The maximum atomic E-state index is 2.71. The monoisotopic (exact) mass is 229 g/mol. The van der Waals surface area contributed by atoms with E-state index in [0.717, 1.165) is 6.04 Å². The molecule has 17 heavy (non-hydrogen) atoms. The first-order valence-corrected chi connectivity index (χ1v) is 7.21. The van der Waals surface area contributed by atoms with Crippen molar-refractivity contribution in [2.45, 2.75) is 57.9 Å². The lowest BCUT2D eigenvalue weighted by molar-refractivity contribution is 0.408. The van der Waals surface area contributed by atoms with E-state index < -0.39 is 0 Å². The zero-order valence-corrected chi connectivity index (χ0v) is 10.9. The second-order valence-electron chi connectivity index (χ2n) is 5.72. The molecule has 3 rings (SSSR count). The van der Waals surface area contributed by atoms with Crippen LogP contribution in [0, 0.1) is 6.92 Å². The van der Waals surface area contributed by atoms with Crippen molar-refractivity contribution in [2.75, 3.05) is 11.4 Å². The van der Waals surface area contributed by atoms with Crippen molar-refractivity contribution in [3.63, 3.8) is 0 Å². The van der Waals surface area contributed by atoms with Crippen LogP contribution in [0.15, 0.2) is 18.2 Å². The van der Waals surface area contributed by atoms with E-state index in [1.54, 1.807) is 11.3 Å². The molecule has 1 heterocycles. The van der Waals surface area contributed by atoms with Gasteiger partial charge in [-0.2, -0.15) is 0 Å². The summed E-state index contributed by atoms with van der Waals surface area (Å²) in [6.07, 6.45) is 9.75. The SMILES string of the molecule is Cc1ccc2c(c1)N(C1CCCCC1)CCC2.